The smallest absolute Gasteiger partial charge is 0.216 e. The first-order valence-electron chi connectivity index (χ1n) is 5.72. The van der Waals surface area contributed by atoms with E-state index >= 15 is 0 Å². The average molecular weight is 244 g/mol. The Morgan fingerprint density at radius 1 is 1.50 bits per heavy atom. The van der Waals surface area contributed by atoms with Gasteiger partial charge in [-0.25, -0.2) is 8.42 Å². The molecule has 0 bridgehead atoms. The van der Waals surface area contributed by atoms with Gasteiger partial charge in [0.25, 0.3) is 0 Å². The fraction of sp³-hybridized carbons (Fsp3) is 0.818. The second-order valence-electron chi connectivity index (χ2n) is 4.11. The van der Waals surface area contributed by atoms with E-state index in [0.29, 0.717) is 19.0 Å². The number of hydrogen-bond acceptors (Lipinski definition) is 3. The standard InChI is InChI=1S/C11H20N2O2S/c1-3-8-13(10-11-5-6-11)16(14,15)9-7-12-4-2/h1,11-12H,4-10H2,2H3. The molecule has 5 heteroatoms. The van der Waals surface area contributed by atoms with Gasteiger partial charge in [-0.15, -0.1) is 6.42 Å². The van der Waals surface area contributed by atoms with E-state index in [-0.39, 0.29) is 12.3 Å². The highest BCUT2D eigenvalue weighted by Gasteiger charge is 2.29. The second kappa shape index (κ2) is 6.24. The molecule has 0 amide bonds. The van der Waals surface area contributed by atoms with Gasteiger partial charge in [-0.3, -0.25) is 0 Å². The van der Waals surface area contributed by atoms with Crippen molar-refractivity contribution in [2.45, 2.75) is 19.8 Å². The minimum absolute atomic E-state index is 0.134. The Bertz CT molecular complexity index is 341. The van der Waals surface area contributed by atoms with Crippen molar-refractivity contribution in [3.05, 3.63) is 0 Å². The van der Waals surface area contributed by atoms with Crippen LogP contribution < -0.4 is 5.32 Å². The summed E-state index contributed by atoms with van der Waals surface area (Å²) in [6, 6.07) is 0. The van der Waals surface area contributed by atoms with Crippen molar-refractivity contribution in [1.29, 1.82) is 0 Å². The summed E-state index contributed by atoms with van der Waals surface area (Å²) in [5.41, 5.74) is 0. The van der Waals surface area contributed by atoms with Gasteiger partial charge < -0.3 is 5.32 Å². The Hall–Kier alpha value is -0.570. The lowest BCUT2D eigenvalue weighted by molar-refractivity contribution is 0.429. The molecule has 1 rings (SSSR count). The van der Waals surface area contributed by atoms with Crippen LogP contribution in [0.4, 0.5) is 0 Å². The predicted octanol–water partition coefficient (Wildman–Crippen LogP) is 0.271. The molecule has 1 fully saturated rings. The summed E-state index contributed by atoms with van der Waals surface area (Å²) in [7, 11) is -3.18. The zero-order valence-electron chi connectivity index (χ0n) is 9.78. The van der Waals surface area contributed by atoms with E-state index in [1.165, 1.54) is 4.31 Å². The lowest BCUT2D eigenvalue weighted by atomic mass is 10.4. The summed E-state index contributed by atoms with van der Waals surface area (Å²) in [5, 5.41) is 3.01. The van der Waals surface area contributed by atoms with Crippen molar-refractivity contribution in [2.75, 3.05) is 31.9 Å². The number of rotatable bonds is 8. The van der Waals surface area contributed by atoms with Gasteiger partial charge in [0.2, 0.25) is 10.0 Å². The van der Waals surface area contributed by atoms with Gasteiger partial charge in [-0.05, 0) is 25.3 Å². The van der Waals surface area contributed by atoms with Crippen molar-refractivity contribution < 1.29 is 8.42 Å². The highest BCUT2D eigenvalue weighted by molar-refractivity contribution is 7.89. The van der Waals surface area contributed by atoms with E-state index in [1.54, 1.807) is 0 Å². The first-order chi connectivity index (χ1) is 7.60. The normalized spacial score (nSPS) is 16.3. The largest absolute Gasteiger partial charge is 0.316 e. The Balaban J connectivity index is 2.49. The summed E-state index contributed by atoms with van der Waals surface area (Å²) in [6.45, 7) is 4.03. The van der Waals surface area contributed by atoms with E-state index < -0.39 is 10.0 Å². The zero-order valence-corrected chi connectivity index (χ0v) is 10.6. The summed E-state index contributed by atoms with van der Waals surface area (Å²) < 4.78 is 25.3. The Kier molecular flexibility index (Phi) is 5.26. The molecule has 4 nitrogen and oxygen atoms in total. The van der Waals surface area contributed by atoms with Crippen LogP contribution in [-0.4, -0.2) is 44.7 Å². The van der Waals surface area contributed by atoms with Gasteiger partial charge in [-0.1, -0.05) is 12.8 Å². The van der Waals surface area contributed by atoms with E-state index in [1.807, 2.05) is 6.92 Å². The van der Waals surface area contributed by atoms with Gasteiger partial charge in [0.05, 0.1) is 12.3 Å². The van der Waals surface area contributed by atoms with Crippen LogP contribution in [0.3, 0.4) is 0 Å². The molecule has 0 unspecified atom stereocenters. The molecule has 0 heterocycles. The molecular formula is C11H20N2O2S. The summed E-state index contributed by atoms with van der Waals surface area (Å²) >= 11 is 0. The molecule has 0 spiro atoms. The highest BCUT2D eigenvalue weighted by atomic mass is 32.2. The van der Waals surface area contributed by atoms with Gasteiger partial charge in [0.1, 0.15) is 0 Å². The third kappa shape index (κ3) is 4.52. The molecular weight excluding hydrogens is 224 g/mol. The van der Waals surface area contributed by atoms with Crippen molar-refractivity contribution in [1.82, 2.24) is 9.62 Å². The number of hydrogen-bond donors (Lipinski definition) is 1. The number of terminal acetylenes is 1. The minimum atomic E-state index is -3.18. The van der Waals surface area contributed by atoms with Crippen molar-refractivity contribution in [3.63, 3.8) is 0 Å². The van der Waals surface area contributed by atoms with Gasteiger partial charge >= 0.3 is 0 Å². The average Bonchev–Trinajstić information content (AvgIpc) is 3.01. The maximum atomic E-state index is 11.9. The topological polar surface area (TPSA) is 49.4 Å². The molecule has 1 aliphatic rings. The molecule has 0 aromatic carbocycles. The maximum absolute atomic E-state index is 11.9. The SMILES string of the molecule is C#CCN(CC1CC1)S(=O)(=O)CCNCC. The molecule has 0 atom stereocenters. The molecule has 0 aromatic heterocycles. The van der Waals surface area contributed by atoms with Gasteiger partial charge in [-0.2, -0.15) is 4.31 Å². The van der Waals surface area contributed by atoms with Crippen LogP contribution in [0, 0.1) is 18.3 Å². The monoisotopic (exact) mass is 244 g/mol. The third-order valence-electron chi connectivity index (χ3n) is 2.61. The van der Waals surface area contributed by atoms with Crippen molar-refractivity contribution in [3.8, 4) is 12.3 Å². The lowest BCUT2D eigenvalue weighted by Gasteiger charge is -2.19. The third-order valence-corrected chi connectivity index (χ3v) is 4.39. The van der Waals surface area contributed by atoms with Crippen LogP contribution >= 0.6 is 0 Å². The van der Waals surface area contributed by atoms with Gasteiger partial charge in [0, 0.05) is 13.1 Å². The molecule has 0 aliphatic heterocycles. The molecule has 16 heavy (non-hydrogen) atoms. The molecule has 0 radical (unpaired) electrons. The lowest BCUT2D eigenvalue weighted by Crippen LogP contribution is -2.38. The first-order valence-corrected chi connectivity index (χ1v) is 7.33. The van der Waals surface area contributed by atoms with Crippen LogP contribution in [0.1, 0.15) is 19.8 Å². The highest BCUT2D eigenvalue weighted by Crippen LogP contribution is 2.30. The van der Waals surface area contributed by atoms with Crippen LogP contribution in [0.15, 0.2) is 0 Å². The quantitative estimate of drug-likeness (QED) is 0.492. The first kappa shape index (κ1) is 13.5. The van der Waals surface area contributed by atoms with Crippen LogP contribution in [0.2, 0.25) is 0 Å². The fourth-order valence-electron chi connectivity index (χ4n) is 1.47. The number of nitrogens with zero attached hydrogens (tertiary/aromatic N) is 1. The van der Waals surface area contributed by atoms with E-state index in [9.17, 15) is 8.42 Å². The molecule has 0 saturated heterocycles. The van der Waals surface area contributed by atoms with Crippen LogP contribution in [0.25, 0.3) is 0 Å². The fourth-order valence-corrected chi connectivity index (χ4v) is 2.84. The van der Waals surface area contributed by atoms with E-state index in [4.69, 9.17) is 6.42 Å². The Morgan fingerprint density at radius 2 is 2.19 bits per heavy atom. The number of nitrogens with one attached hydrogen (secondary N) is 1. The molecule has 1 saturated carbocycles. The maximum Gasteiger partial charge on any atom is 0.216 e. The second-order valence-corrected chi connectivity index (χ2v) is 6.20. The molecule has 1 aliphatic carbocycles. The Morgan fingerprint density at radius 3 is 2.69 bits per heavy atom. The van der Waals surface area contributed by atoms with Crippen LogP contribution in [-0.2, 0) is 10.0 Å². The van der Waals surface area contributed by atoms with E-state index in [2.05, 4.69) is 11.2 Å². The van der Waals surface area contributed by atoms with Crippen molar-refractivity contribution in [2.24, 2.45) is 5.92 Å². The summed E-state index contributed by atoms with van der Waals surface area (Å²) in [4.78, 5) is 0. The molecule has 92 valence electrons. The summed E-state index contributed by atoms with van der Waals surface area (Å²) in [6.07, 6.45) is 7.46. The predicted molar refractivity (Wildman–Crippen MR) is 65.5 cm³/mol. The van der Waals surface area contributed by atoms with Crippen molar-refractivity contribution >= 4 is 10.0 Å². The molecule has 1 N–H and O–H groups in total. The molecule has 0 aromatic rings. The van der Waals surface area contributed by atoms with Crippen LogP contribution in [0.5, 0.6) is 0 Å². The number of sulfonamides is 1. The minimum Gasteiger partial charge on any atom is -0.316 e. The summed E-state index contributed by atoms with van der Waals surface area (Å²) in [5.74, 6) is 3.09. The van der Waals surface area contributed by atoms with E-state index in [0.717, 1.165) is 19.4 Å². The zero-order chi connectivity index (χ0) is 12.0. The Labute approximate surface area is 98.5 Å². The van der Waals surface area contributed by atoms with Gasteiger partial charge in [0.15, 0.2) is 0 Å².